The summed E-state index contributed by atoms with van der Waals surface area (Å²) in [5, 5.41) is 0.858. The van der Waals surface area contributed by atoms with Gasteiger partial charge in [0.25, 0.3) is 0 Å². The molecule has 0 aromatic heterocycles. The number of halogens is 2. The number of hydrogen-bond acceptors (Lipinski definition) is 4. The number of hydrogen-bond donors (Lipinski definition) is 0. The van der Waals surface area contributed by atoms with Crippen LogP contribution in [0.5, 0.6) is 5.75 Å². The molecule has 1 unspecified atom stereocenters. The number of benzene rings is 1. The van der Waals surface area contributed by atoms with Gasteiger partial charge in [0, 0.05) is 11.6 Å². The Bertz CT molecular complexity index is 451. The van der Waals surface area contributed by atoms with E-state index < -0.39 is 12.1 Å². The van der Waals surface area contributed by atoms with Crippen molar-refractivity contribution in [1.82, 2.24) is 0 Å². The second kappa shape index (κ2) is 9.87. The highest BCUT2D eigenvalue weighted by Crippen LogP contribution is 2.28. The van der Waals surface area contributed by atoms with Crippen LogP contribution in [0.2, 0.25) is 10.0 Å². The first-order valence-corrected chi connectivity index (χ1v) is 7.66. The van der Waals surface area contributed by atoms with Crippen LogP contribution in [0.1, 0.15) is 26.7 Å². The molecule has 118 valence electrons. The van der Waals surface area contributed by atoms with Crippen LogP contribution in [0.4, 0.5) is 0 Å². The van der Waals surface area contributed by atoms with Crippen molar-refractivity contribution in [2.24, 2.45) is 0 Å². The maximum Gasteiger partial charge on any atom is 0.347 e. The van der Waals surface area contributed by atoms with Crippen molar-refractivity contribution in [2.75, 3.05) is 19.8 Å². The number of ether oxygens (including phenoxy) is 3. The lowest BCUT2D eigenvalue weighted by Gasteiger charge is -2.15. The third-order valence-corrected chi connectivity index (χ3v) is 3.17. The molecule has 1 aromatic carbocycles. The largest absolute Gasteiger partial charge is 0.477 e. The molecule has 0 radical (unpaired) electrons. The zero-order chi connectivity index (χ0) is 15.7. The minimum Gasteiger partial charge on any atom is -0.477 e. The Balaban J connectivity index is 2.30. The Morgan fingerprint density at radius 1 is 1.24 bits per heavy atom. The number of esters is 1. The highest BCUT2D eigenvalue weighted by molar-refractivity contribution is 6.35. The summed E-state index contributed by atoms with van der Waals surface area (Å²) in [7, 11) is 0. The molecule has 0 bridgehead atoms. The summed E-state index contributed by atoms with van der Waals surface area (Å²) in [6.07, 6.45) is 1.33. The smallest absolute Gasteiger partial charge is 0.347 e. The van der Waals surface area contributed by atoms with E-state index in [1.54, 1.807) is 25.1 Å². The molecular formula is C15H20Cl2O4. The molecule has 0 amide bonds. The topological polar surface area (TPSA) is 44.8 Å². The van der Waals surface area contributed by atoms with E-state index in [-0.39, 0.29) is 6.61 Å². The molecule has 6 heteroatoms. The van der Waals surface area contributed by atoms with E-state index >= 15 is 0 Å². The van der Waals surface area contributed by atoms with Crippen molar-refractivity contribution in [3.05, 3.63) is 28.2 Å². The van der Waals surface area contributed by atoms with Crippen LogP contribution < -0.4 is 4.74 Å². The van der Waals surface area contributed by atoms with Gasteiger partial charge in [0.05, 0.1) is 11.6 Å². The van der Waals surface area contributed by atoms with E-state index in [4.69, 9.17) is 37.4 Å². The molecule has 4 nitrogen and oxygen atoms in total. The summed E-state index contributed by atoms with van der Waals surface area (Å²) < 4.78 is 15.8. The van der Waals surface area contributed by atoms with E-state index in [2.05, 4.69) is 6.92 Å². The van der Waals surface area contributed by atoms with Gasteiger partial charge < -0.3 is 14.2 Å². The molecule has 0 aliphatic carbocycles. The Morgan fingerprint density at radius 2 is 2.00 bits per heavy atom. The SMILES string of the molecule is CCCCOCCOC(=O)C(C)Oc1ccc(Cl)cc1Cl. The Labute approximate surface area is 135 Å². The molecule has 21 heavy (non-hydrogen) atoms. The molecule has 0 saturated heterocycles. The predicted molar refractivity (Wildman–Crippen MR) is 83.2 cm³/mol. The van der Waals surface area contributed by atoms with Gasteiger partial charge in [0.1, 0.15) is 12.4 Å². The van der Waals surface area contributed by atoms with Gasteiger partial charge in [-0.05, 0) is 31.5 Å². The summed E-state index contributed by atoms with van der Waals surface area (Å²) in [6.45, 7) is 4.97. The number of unbranched alkanes of at least 4 members (excludes halogenated alkanes) is 1. The average molecular weight is 335 g/mol. The fraction of sp³-hybridized carbons (Fsp3) is 0.533. The quantitative estimate of drug-likeness (QED) is 0.503. The number of carbonyl (C=O) groups is 1. The zero-order valence-corrected chi connectivity index (χ0v) is 13.7. The normalized spacial score (nSPS) is 12.0. The van der Waals surface area contributed by atoms with Gasteiger partial charge in [-0.3, -0.25) is 0 Å². The van der Waals surface area contributed by atoms with Crippen LogP contribution in [-0.4, -0.2) is 31.9 Å². The third kappa shape index (κ3) is 7.02. The number of carbonyl (C=O) groups excluding carboxylic acids is 1. The highest BCUT2D eigenvalue weighted by atomic mass is 35.5. The summed E-state index contributed by atoms with van der Waals surface area (Å²) in [5.74, 6) is -0.0650. The first-order valence-electron chi connectivity index (χ1n) is 6.90. The van der Waals surface area contributed by atoms with E-state index in [0.717, 1.165) is 12.8 Å². The van der Waals surface area contributed by atoms with Crippen molar-refractivity contribution >= 4 is 29.2 Å². The van der Waals surface area contributed by atoms with Crippen molar-refractivity contribution in [2.45, 2.75) is 32.8 Å². The summed E-state index contributed by atoms with van der Waals surface area (Å²) >= 11 is 11.8. The van der Waals surface area contributed by atoms with Gasteiger partial charge in [0.2, 0.25) is 0 Å². The van der Waals surface area contributed by atoms with Gasteiger partial charge in [-0.1, -0.05) is 36.5 Å². The van der Waals surface area contributed by atoms with E-state index in [0.29, 0.717) is 29.0 Å². The lowest BCUT2D eigenvalue weighted by Crippen LogP contribution is -2.27. The van der Waals surface area contributed by atoms with Crippen molar-refractivity contribution in [1.29, 1.82) is 0 Å². The Hall–Kier alpha value is -0.970. The van der Waals surface area contributed by atoms with E-state index in [1.807, 2.05) is 0 Å². The molecule has 0 aliphatic rings. The van der Waals surface area contributed by atoms with Crippen molar-refractivity contribution in [3.63, 3.8) is 0 Å². The van der Waals surface area contributed by atoms with Gasteiger partial charge in [-0.15, -0.1) is 0 Å². The zero-order valence-electron chi connectivity index (χ0n) is 12.2. The predicted octanol–water partition coefficient (Wildman–Crippen LogP) is 4.12. The summed E-state index contributed by atoms with van der Waals surface area (Å²) in [6, 6.07) is 4.81. The Morgan fingerprint density at radius 3 is 2.67 bits per heavy atom. The van der Waals surface area contributed by atoms with Crippen LogP contribution in [0.15, 0.2) is 18.2 Å². The van der Waals surface area contributed by atoms with Crippen LogP contribution in [-0.2, 0) is 14.3 Å². The molecule has 0 heterocycles. The molecule has 0 spiro atoms. The maximum absolute atomic E-state index is 11.7. The number of rotatable bonds is 9. The first-order chi connectivity index (χ1) is 10.0. The van der Waals surface area contributed by atoms with Crippen molar-refractivity contribution < 1.29 is 19.0 Å². The van der Waals surface area contributed by atoms with Crippen LogP contribution in [0.3, 0.4) is 0 Å². The lowest BCUT2D eigenvalue weighted by atomic mass is 10.3. The van der Waals surface area contributed by atoms with E-state index in [1.165, 1.54) is 0 Å². The van der Waals surface area contributed by atoms with Crippen molar-refractivity contribution in [3.8, 4) is 5.75 Å². The molecule has 1 rings (SSSR count). The monoisotopic (exact) mass is 334 g/mol. The van der Waals surface area contributed by atoms with Crippen LogP contribution in [0.25, 0.3) is 0 Å². The van der Waals surface area contributed by atoms with Gasteiger partial charge in [-0.2, -0.15) is 0 Å². The summed E-state index contributed by atoms with van der Waals surface area (Å²) in [4.78, 5) is 11.7. The second-order valence-corrected chi connectivity index (χ2v) is 5.31. The molecule has 1 atom stereocenters. The molecule has 0 saturated carbocycles. The minimum absolute atomic E-state index is 0.213. The Kier molecular flexibility index (Phi) is 8.50. The second-order valence-electron chi connectivity index (χ2n) is 4.47. The standard InChI is InChI=1S/C15H20Cl2O4/c1-3-4-7-19-8-9-20-15(18)11(2)21-14-6-5-12(16)10-13(14)17/h5-6,10-11H,3-4,7-9H2,1-2H3. The summed E-state index contributed by atoms with van der Waals surface area (Å²) in [5.41, 5.74) is 0. The molecule has 0 N–H and O–H groups in total. The molecule has 0 aliphatic heterocycles. The maximum atomic E-state index is 11.7. The fourth-order valence-electron chi connectivity index (χ4n) is 1.48. The third-order valence-electron chi connectivity index (χ3n) is 2.64. The average Bonchev–Trinajstić information content (AvgIpc) is 2.45. The molecular weight excluding hydrogens is 315 g/mol. The van der Waals surface area contributed by atoms with Gasteiger partial charge >= 0.3 is 5.97 Å². The first kappa shape index (κ1) is 18.1. The fourth-order valence-corrected chi connectivity index (χ4v) is 1.93. The van der Waals surface area contributed by atoms with Crippen LogP contribution in [0, 0.1) is 0 Å². The van der Waals surface area contributed by atoms with E-state index in [9.17, 15) is 4.79 Å². The highest BCUT2D eigenvalue weighted by Gasteiger charge is 2.17. The molecule has 1 aromatic rings. The minimum atomic E-state index is -0.751. The lowest BCUT2D eigenvalue weighted by molar-refractivity contribution is -0.152. The van der Waals surface area contributed by atoms with Crippen LogP contribution >= 0.6 is 23.2 Å². The van der Waals surface area contributed by atoms with Gasteiger partial charge in [0.15, 0.2) is 6.10 Å². The molecule has 0 fully saturated rings. The van der Waals surface area contributed by atoms with Gasteiger partial charge in [-0.25, -0.2) is 4.79 Å².